The zero-order valence-electron chi connectivity index (χ0n) is 14.3. The van der Waals surface area contributed by atoms with E-state index in [1.807, 2.05) is 34.9 Å². The van der Waals surface area contributed by atoms with E-state index in [2.05, 4.69) is 25.5 Å². The van der Waals surface area contributed by atoms with Gasteiger partial charge in [0.25, 0.3) is 0 Å². The van der Waals surface area contributed by atoms with Crippen molar-refractivity contribution in [2.45, 2.75) is 5.16 Å². The summed E-state index contributed by atoms with van der Waals surface area (Å²) in [6.07, 6.45) is 3.34. The van der Waals surface area contributed by atoms with E-state index < -0.39 is 0 Å². The van der Waals surface area contributed by atoms with Crippen molar-refractivity contribution in [3.8, 4) is 17.2 Å². The fraction of sp³-hybridized carbons (Fsp3) is 0.0556. The molecule has 0 aliphatic heterocycles. The molecule has 0 radical (unpaired) electrons. The number of rotatable bonds is 6. The molecule has 0 aliphatic carbocycles. The van der Waals surface area contributed by atoms with Crippen molar-refractivity contribution in [3.63, 3.8) is 0 Å². The van der Waals surface area contributed by atoms with Crippen molar-refractivity contribution in [1.82, 2.24) is 24.7 Å². The number of amides is 1. The summed E-state index contributed by atoms with van der Waals surface area (Å²) in [6, 6.07) is 12.9. The number of nitrogens with one attached hydrogen (secondary N) is 1. The molecule has 1 N–H and O–H groups in total. The molecule has 4 aromatic rings. The van der Waals surface area contributed by atoms with Gasteiger partial charge in [-0.3, -0.25) is 14.3 Å². The van der Waals surface area contributed by atoms with Crippen LogP contribution in [0.4, 0.5) is 5.13 Å². The lowest BCUT2D eigenvalue weighted by molar-refractivity contribution is -0.113. The molecule has 0 spiro atoms. The van der Waals surface area contributed by atoms with Crippen LogP contribution in [-0.4, -0.2) is 36.4 Å². The lowest BCUT2D eigenvalue weighted by atomic mass is 10.3. The number of pyridine rings is 1. The molecule has 10 heteroatoms. The van der Waals surface area contributed by atoms with Gasteiger partial charge in [0.15, 0.2) is 16.1 Å². The van der Waals surface area contributed by atoms with Crippen LogP contribution in [0.3, 0.4) is 0 Å². The van der Waals surface area contributed by atoms with Gasteiger partial charge < -0.3 is 5.32 Å². The molecule has 1 aromatic carbocycles. The lowest BCUT2D eigenvalue weighted by Crippen LogP contribution is -2.14. The second-order valence-corrected chi connectivity index (χ2v) is 7.78. The first kappa shape index (κ1) is 18.6. The second-order valence-electron chi connectivity index (χ2n) is 5.51. The zero-order valence-corrected chi connectivity index (χ0v) is 16.7. The first-order valence-electron chi connectivity index (χ1n) is 8.15. The highest BCUT2D eigenvalue weighted by atomic mass is 35.5. The van der Waals surface area contributed by atoms with Crippen LogP contribution >= 0.6 is 34.7 Å². The van der Waals surface area contributed by atoms with Gasteiger partial charge in [-0.2, -0.15) is 0 Å². The monoisotopic (exact) mass is 428 g/mol. The molecule has 0 bridgehead atoms. The number of thioether (sulfide) groups is 1. The summed E-state index contributed by atoms with van der Waals surface area (Å²) in [5.74, 6) is 0.601. The number of benzene rings is 1. The molecule has 3 heterocycles. The van der Waals surface area contributed by atoms with E-state index in [0.29, 0.717) is 26.8 Å². The van der Waals surface area contributed by atoms with E-state index >= 15 is 0 Å². The van der Waals surface area contributed by atoms with Crippen molar-refractivity contribution < 1.29 is 4.79 Å². The van der Waals surface area contributed by atoms with Crippen LogP contribution in [0, 0.1) is 0 Å². The van der Waals surface area contributed by atoms with Gasteiger partial charge in [0.05, 0.1) is 5.75 Å². The lowest BCUT2D eigenvalue weighted by Gasteiger charge is -2.10. The fourth-order valence-corrected chi connectivity index (χ4v) is 3.84. The summed E-state index contributed by atoms with van der Waals surface area (Å²) in [7, 11) is 0. The van der Waals surface area contributed by atoms with Crippen LogP contribution in [0.25, 0.3) is 17.2 Å². The number of nitrogens with zero attached hydrogens (tertiary/aromatic N) is 5. The summed E-state index contributed by atoms with van der Waals surface area (Å²) in [6.45, 7) is 0. The second kappa shape index (κ2) is 8.51. The maximum absolute atomic E-state index is 12.2. The Morgan fingerprint density at radius 2 is 1.96 bits per heavy atom. The number of hydrogen-bond acceptors (Lipinski definition) is 7. The quantitative estimate of drug-likeness (QED) is 0.464. The van der Waals surface area contributed by atoms with Crippen LogP contribution in [0.15, 0.2) is 65.4 Å². The molecular formula is C18H13ClN6OS2. The first-order chi connectivity index (χ1) is 13.7. The highest BCUT2D eigenvalue weighted by molar-refractivity contribution is 7.99. The Labute approximate surface area is 173 Å². The molecular weight excluding hydrogens is 416 g/mol. The summed E-state index contributed by atoms with van der Waals surface area (Å²) < 4.78 is 1.86. The highest BCUT2D eigenvalue weighted by Crippen LogP contribution is 2.27. The largest absolute Gasteiger partial charge is 0.301 e. The third kappa shape index (κ3) is 4.22. The van der Waals surface area contributed by atoms with E-state index in [1.165, 1.54) is 23.1 Å². The number of thiazole rings is 1. The van der Waals surface area contributed by atoms with Crippen LogP contribution in [0.5, 0.6) is 0 Å². The number of aromatic nitrogens is 5. The van der Waals surface area contributed by atoms with E-state index in [9.17, 15) is 4.79 Å². The topological polar surface area (TPSA) is 85.6 Å². The maximum atomic E-state index is 12.2. The minimum atomic E-state index is -0.162. The number of carbonyl (C=O) groups is 1. The number of anilines is 1. The Morgan fingerprint density at radius 3 is 2.68 bits per heavy atom. The molecule has 0 saturated carbocycles. The third-order valence-electron chi connectivity index (χ3n) is 3.62. The highest BCUT2D eigenvalue weighted by Gasteiger charge is 2.18. The summed E-state index contributed by atoms with van der Waals surface area (Å²) >= 11 is 8.68. The van der Waals surface area contributed by atoms with Crippen molar-refractivity contribution in [3.05, 3.63) is 65.3 Å². The van der Waals surface area contributed by atoms with E-state index in [1.54, 1.807) is 29.9 Å². The molecule has 0 unspecified atom stereocenters. The Bertz CT molecular complexity index is 1070. The van der Waals surface area contributed by atoms with E-state index in [4.69, 9.17) is 11.6 Å². The van der Waals surface area contributed by atoms with Crippen LogP contribution in [0.1, 0.15) is 0 Å². The van der Waals surface area contributed by atoms with Crippen molar-refractivity contribution >= 4 is 45.7 Å². The number of hydrogen-bond donors (Lipinski definition) is 1. The summed E-state index contributed by atoms with van der Waals surface area (Å²) in [5, 5.41) is 14.9. The predicted molar refractivity (Wildman–Crippen MR) is 111 cm³/mol. The van der Waals surface area contributed by atoms with E-state index in [-0.39, 0.29) is 11.7 Å². The van der Waals surface area contributed by atoms with Gasteiger partial charge in [-0.05, 0) is 36.4 Å². The molecule has 7 nitrogen and oxygen atoms in total. The first-order valence-corrected chi connectivity index (χ1v) is 10.4. The fourth-order valence-electron chi connectivity index (χ4n) is 2.42. The number of halogens is 1. The van der Waals surface area contributed by atoms with Gasteiger partial charge in [-0.15, -0.1) is 21.5 Å². The zero-order chi connectivity index (χ0) is 19.3. The summed E-state index contributed by atoms with van der Waals surface area (Å²) in [5.41, 5.74) is 1.52. The van der Waals surface area contributed by atoms with Gasteiger partial charge in [0, 0.05) is 28.5 Å². The Kier molecular flexibility index (Phi) is 5.65. The molecule has 3 aromatic heterocycles. The molecule has 0 aliphatic rings. The molecule has 1 amide bonds. The third-order valence-corrected chi connectivity index (χ3v) is 5.49. The standard InChI is InChI=1S/C18H13ClN6OS2/c19-12-4-6-13(7-5-12)25-16(14-3-1-2-8-20-14)23-24-18(25)28-11-15(26)22-17-21-9-10-27-17/h1-10H,11H2,(H,21,22,26). The van der Waals surface area contributed by atoms with Gasteiger partial charge >= 0.3 is 0 Å². The minimum absolute atomic E-state index is 0.162. The van der Waals surface area contributed by atoms with E-state index in [0.717, 1.165) is 5.69 Å². The van der Waals surface area contributed by atoms with Crippen molar-refractivity contribution in [1.29, 1.82) is 0 Å². The summed E-state index contributed by atoms with van der Waals surface area (Å²) in [4.78, 5) is 20.6. The van der Waals surface area contributed by atoms with Gasteiger partial charge in [-0.25, -0.2) is 4.98 Å². The van der Waals surface area contributed by atoms with Gasteiger partial charge in [-0.1, -0.05) is 29.4 Å². The van der Waals surface area contributed by atoms with Gasteiger partial charge in [0.2, 0.25) is 5.91 Å². The predicted octanol–water partition coefficient (Wildman–Crippen LogP) is 4.17. The maximum Gasteiger partial charge on any atom is 0.236 e. The number of carbonyl (C=O) groups excluding carboxylic acids is 1. The molecule has 0 fully saturated rings. The Balaban J connectivity index is 1.62. The van der Waals surface area contributed by atoms with Crippen molar-refractivity contribution in [2.24, 2.45) is 0 Å². The molecule has 0 saturated heterocycles. The minimum Gasteiger partial charge on any atom is -0.301 e. The van der Waals surface area contributed by atoms with Crippen LogP contribution < -0.4 is 5.32 Å². The Hall–Kier alpha value is -2.75. The van der Waals surface area contributed by atoms with Crippen molar-refractivity contribution in [2.75, 3.05) is 11.1 Å². The van der Waals surface area contributed by atoms with Gasteiger partial charge in [0.1, 0.15) is 5.69 Å². The molecule has 0 atom stereocenters. The molecule has 4 rings (SSSR count). The SMILES string of the molecule is O=C(CSc1nnc(-c2ccccn2)n1-c1ccc(Cl)cc1)Nc1nccs1. The van der Waals surface area contributed by atoms with Crippen LogP contribution in [0.2, 0.25) is 5.02 Å². The average molecular weight is 429 g/mol. The Morgan fingerprint density at radius 1 is 1.11 bits per heavy atom. The normalized spacial score (nSPS) is 10.8. The smallest absolute Gasteiger partial charge is 0.236 e. The molecule has 140 valence electrons. The van der Waals surface area contributed by atoms with Crippen LogP contribution in [-0.2, 0) is 4.79 Å². The molecule has 28 heavy (non-hydrogen) atoms. The average Bonchev–Trinajstić information content (AvgIpc) is 3.37.